The van der Waals surface area contributed by atoms with E-state index in [0.717, 1.165) is 56.9 Å². The standard InChI is InChI=1S/C44H63Cl2NO5/c1-26(2)29-14-19-44(23-35(48)47-25-27-10-11-28(45)22-31(27)46)21-20-42(8)30(37(29)44)12-13-33-41(7)17-16-34(52-36(49)24-39(3,4)38(50)51)40(5,6)32(41)15-18-43(33,42)9/h10-11,22,29-30,32-34,37H,1,12-21,23-25H2,2-9H3,(H,47,48)(H,50,51)/t29-,30+,32-,33+,34-,37+,41-,42+,43+,44+/m0/s1. The summed E-state index contributed by atoms with van der Waals surface area (Å²) in [6.07, 6.45) is 11.1. The quantitative estimate of drug-likeness (QED) is 0.193. The van der Waals surface area contributed by atoms with Crippen molar-refractivity contribution >= 4 is 41.0 Å². The van der Waals surface area contributed by atoms with Crippen molar-refractivity contribution in [3.63, 3.8) is 0 Å². The molecule has 5 aliphatic carbocycles. The van der Waals surface area contributed by atoms with E-state index < -0.39 is 17.4 Å². The molecular weight excluding hydrogens is 693 g/mol. The van der Waals surface area contributed by atoms with Crippen molar-refractivity contribution in [1.29, 1.82) is 0 Å². The van der Waals surface area contributed by atoms with Crippen molar-refractivity contribution in [3.05, 3.63) is 46.0 Å². The maximum absolute atomic E-state index is 13.8. The lowest BCUT2D eigenvalue weighted by Gasteiger charge is -2.73. The molecule has 0 radical (unpaired) electrons. The van der Waals surface area contributed by atoms with Crippen molar-refractivity contribution in [3.8, 4) is 0 Å². The third-order valence-corrected chi connectivity index (χ3v) is 17.2. The number of carboxylic acids is 1. The second-order valence-electron chi connectivity index (χ2n) is 19.9. The number of carbonyl (C=O) groups excluding carboxylic acids is 2. The van der Waals surface area contributed by atoms with Crippen LogP contribution < -0.4 is 5.32 Å². The van der Waals surface area contributed by atoms with Crippen LogP contribution >= 0.6 is 23.2 Å². The topological polar surface area (TPSA) is 92.7 Å². The molecule has 0 aliphatic heterocycles. The first-order valence-electron chi connectivity index (χ1n) is 19.9. The SMILES string of the molecule is C=C(C)[C@@H]1CC[C@]2(CC(=O)NCc3ccc(Cl)cc3Cl)CC[C@]3(C)[C@H](CC[C@@H]4[C@@]5(C)CC[C@H](OC(=O)CC(C)(C)C(=O)O)C(C)(C)[C@@H]5CC[C@]43C)[C@@H]12. The molecule has 10 atom stereocenters. The van der Waals surface area contributed by atoms with E-state index >= 15 is 0 Å². The number of carboxylic acid groups (broad SMARTS) is 1. The maximum Gasteiger partial charge on any atom is 0.309 e. The summed E-state index contributed by atoms with van der Waals surface area (Å²) in [6, 6.07) is 5.44. The molecular formula is C44H63Cl2NO5. The summed E-state index contributed by atoms with van der Waals surface area (Å²) in [7, 11) is 0. The fraction of sp³-hybridized carbons (Fsp3) is 0.750. The van der Waals surface area contributed by atoms with Crippen LogP contribution in [0.25, 0.3) is 0 Å². The van der Waals surface area contributed by atoms with Gasteiger partial charge in [0.1, 0.15) is 6.10 Å². The number of fused-ring (bicyclic) bond motifs is 7. The van der Waals surface area contributed by atoms with Crippen LogP contribution in [0, 0.1) is 62.1 Å². The molecule has 5 saturated carbocycles. The zero-order valence-electron chi connectivity index (χ0n) is 32.9. The molecule has 6 rings (SSSR count). The molecule has 6 nitrogen and oxygen atoms in total. The number of benzene rings is 1. The van der Waals surface area contributed by atoms with Gasteiger partial charge in [0, 0.05) is 28.4 Å². The highest BCUT2D eigenvalue weighted by atomic mass is 35.5. The molecule has 0 bridgehead atoms. The average Bonchev–Trinajstić information content (AvgIpc) is 3.41. The summed E-state index contributed by atoms with van der Waals surface area (Å²) < 4.78 is 6.18. The Bertz CT molecular complexity index is 1620. The lowest BCUT2D eigenvalue weighted by molar-refractivity contribution is -0.250. The Morgan fingerprint density at radius 1 is 0.923 bits per heavy atom. The molecule has 0 unspecified atom stereocenters. The van der Waals surface area contributed by atoms with E-state index in [1.807, 2.05) is 12.1 Å². The number of aliphatic carboxylic acids is 1. The van der Waals surface area contributed by atoms with Gasteiger partial charge in [0.15, 0.2) is 0 Å². The highest BCUT2D eigenvalue weighted by Gasteiger charge is 2.71. The van der Waals surface area contributed by atoms with E-state index in [2.05, 4.69) is 53.4 Å². The number of hydrogen-bond donors (Lipinski definition) is 2. The van der Waals surface area contributed by atoms with Crippen LogP contribution in [-0.2, 0) is 25.7 Å². The Morgan fingerprint density at radius 2 is 1.63 bits per heavy atom. The van der Waals surface area contributed by atoms with Gasteiger partial charge in [-0.1, -0.05) is 76.0 Å². The van der Waals surface area contributed by atoms with Crippen LogP contribution in [0.5, 0.6) is 0 Å². The predicted octanol–water partition coefficient (Wildman–Crippen LogP) is 11.1. The first-order valence-corrected chi connectivity index (χ1v) is 20.7. The molecule has 0 spiro atoms. The molecule has 0 saturated heterocycles. The Kier molecular flexibility index (Phi) is 10.4. The van der Waals surface area contributed by atoms with Crippen LogP contribution in [0.1, 0.15) is 138 Å². The molecule has 8 heteroatoms. The van der Waals surface area contributed by atoms with E-state index in [1.54, 1.807) is 19.9 Å². The highest BCUT2D eigenvalue weighted by molar-refractivity contribution is 6.35. The third kappa shape index (κ3) is 6.36. The molecule has 0 aromatic heterocycles. The minimum absolute atomic E-state index is 0.0227. The molecule has 0 heterocycles. The van der Waals surface area contributed by atoms with Crippen LogP contribution in [-0.4, -0.2) is 29.1 Å². The number of amides is 1. The van der Waals surface area contributed by atoms with Gasteiger partial charge in [-0.15, -0.1) is 0 Å². The van der Waals surface area contributed by atoms with Gasteiger partial charge in [0.05, 0.1) is 11.8 Å². The van der Waals surface area contributed by atoms with Crippen LogP contribution in [0.3, 0.4) is 0 Å². The van der Waals surface area contributed by atoms with Gasteiger partial charge in [-0.25, -0.2) is 0 Å². The van der Waals surface area contributed by atoms with Crippen molar-refractivity contribution in [1.82, 2.24) is 5.32 Å². The number of esters is 1. The van der Waals surface area contributed by atoms with Gasteiger partial charge in [-0.2, -0.15) is 0 Å². The molecule has 5 aliphatic rings. The summed E-state index contributed by atoms with van der Waals surface area (Å²) in [6.45, 7) is 22.7. The van der Waals surface area contributed by atoms with E-state index in [4.69, 9.17) is 27.9 Å². The van der Waals surface area contributed by atoms with E-state index in [9.17, 15) is 19.5 Å². The number of hydrogen-bond acceptors (Lipinski definition) is 4. The van der Waals surface area contributed by atoms with Gasteiger partial charge in [0.2, 0.25) is 5.91 Å². The molecule has 1 aromatic carbocycles. The van der Waals surface area contributed by atoms with Gasteiger partial charge in [-0.05, 0) is 154 Å². The Hall–Kier alpha value is -2.05. The molecule has 5 fully saturated rings. The number of rotatable bonds is 9. The summed E-state index contributed by atoms with van der Waals surface area (Å²) in [5.41, 5.74) is 1.20. The molecule has 52 heavy (non-hydrogen) atoms. The first-order chi connectivity index (χ1) is 24.1. The number of allylic oxidation sites excluding steroid dienone is 1. The summed E-state index contributed by atoms with van der Waals surface area (Å²) in [5, 5.41) is 14.0. The Labute approximate surface area is 322 Å². The highest BCUT2D eigenvalue weighted by Crippen LogP contribution is 2.78. The number of nitrogens with one attached hydrogen (secondary N) is 1. The van der Waals surface area contributed by atoms with E-state index in [-0.39, 0.29) is 45.5 Å². The zero-order valence-corrected chi connectivity index (χ0v) is 34.4. The summed E-state index contributed by atoms with van der Waals surface area (Å²) >= 11 is 12.6. The van der Waals surface area contributed by atoms with Gasteiger partial charge in [0.25, 0.3) is 0 Å². The van der Waals surface area contributed by atoms with E-state index in [1.165, 1.54) is 18.4 Å². The fourth-order valence-electron chi connectivity index (χ4n) is 13.7. The lowest BCUT2D eigenvalue weighted by Crippen LogP contribution is -2.67. The third-order valence-electron chi connectivity index (χ3n) is 16.6. The van der Waals surface area contributed by atoms with E-state index in [0.29, 0.717) is 52.6 Å². The first kappa shape index (κ1) is 39.6. The second-order valence-corrected chi connectivity index (χ2v) is 20.8. The van der Waals surface area contributed by atoms with Crippen molar-refractivity contribution in [2.24, 2.45) is 62.1 Å². The molecule has 1 aromatic rings. The summed E-state index contributed by atoms with van der Waals surface area (Å²) in [5.74, 6) is 1.11. The predicted molar refractivity (Wildman–Crippen MR) is 208 cm³/mol. The van der Waals surface area contributed by atoms with Crippen molar-refractivity contribution in [2.75, 3.05) is 0 Å². The number of halogens is 2. The van der Waals surface area contributed by atoms with Gasteiger partial charge < -0.3 is 15.2 Å². The fourth-order valence-corrected chi connectivity index (χ4v) is 14.1. The van der Waals surface area contributed by atoms with Crippen molar-refractivity contribution < 1.29 is 24.2 Å². The van der Waals surface area contributed by atoms with Crippen LogP contribution in [0.4, 0.5) is 0 Å². The Morgan fingerprint density at radius 3 is 2.29 bits per heavy atom. The summed E-state index contributed by atoms with van der Waals surface area (Å²) in [4.78, 5) is 38.6. The van der Waals surface area contributed by atoms with Gasteiger partial charge >= 0.3 is 11.9 Å². The molecule has 288 valence electrons. The molecule has 2 N–H and O–H groups in total. The Balaban J connectivity index is 1.22. The number of ether oxygens (including phenoxy) is 1. The minimum atomic E-state index is -1.15. The normalized spacial score (nSPS) is 39.3. The smallest absolute Gasteiger partial charge is 0.309 e. The van der Waals surface area contributed by atoms with Crippen molar-refractivity contribution in [2.45, 2.75) is 145 Å². The largest absolute Gasteiger partial charge is 0.481 e. The monoisotopic (exact) mass is 755 g/mol. The average molecular weight is 757 g/mol. The second kappa shape index (κ2) is 13.6. The lowest BCUT2D eigenvalue weighted by atomic mass is 9.32. The minimum Gasteiger partial charge on any atom is -0.481 e. The zero-order chi connectivity index (χ0) is 38.2. The maximum atomic E-state index is 13.8. The van der Waals surface area contributed by atoms with Gasteiger partial charge in [-0.3, -0.25) is 14.4 Å². The van der Waals surface area contributed by atoms with Crippen LogP contribution in [0.15, 0.2) is 30.4 Å². The molecule has 1 amide bonds. The number of carbonyl (C=O) groups is 3. The van der Waals surface area contributed by atoms with Crippen LogP contribution in [0.2, 0.25) is 10.0 Å².